The molecule has 0 aromatic rings. The molecular weight excluding hydrogens is 428 g/mol. The van der Waals surface area contributed by atoms with Gasteiger partial charge in [0.1, 0.15) is 12.1 Å². The van der Waals surface area contributed by atoms with Crippen molar-refractivity contribution in [1.82, 2.24) is 21.3 Å². The van der Waals surface area contributed by atoms with Crippen LogP contribution in [0.2, 0.25) is 0 Å². The van der Waals surface area contributed by atoms with E-state index < -0.39 is 42.4 Å². The minimum Gasteiger partial charge on any atom is -0.481 e. The van der Waals surface area contributed by atoms with Crippen LogP contribution >= 0.6 is 0 Å². The van der Waals surface area contributed by atoms with Gasteiger partial charge in [0.25, 0.3) is 0 Å². The number of aliphatic carboxylic acids is 3. The third-order valence-corrected chi connectivity index (χ3v) is 4.40. The fourth-order valence-corrected chi connectivity index (χ4v) is 2.68. The summed E-state index contributed by atoms with van der Waals surface area (Å²) in [6.45, 7) is 0.918. The fourth-order valence-electron chi connectivity index (χ4n) is 2.68. The molecule has 0 aliphatic carbocycles. The van der Waals surface area contributed by atoms with Crippen molar-refractivity contribution in [2.24, 2.45) is 0 Å². The van der Waals surface area contributed by atoms with Crippen LogP contribution in [0.4, 0.5) is 4.79 Å². The van der Waals surface area contributed by atoms with Crippen LogP contribution in [-0.2, 0) is 24.0 Å². The topological polar surface area (TPSA) is 211 Å². The first kappa shape index (κ1) is 28.6. The molecule has 2 atom stereocenters. The summed E-state index contributed by atoms with van der Waals surface area (Å²) in [7, 11) is 0. The number of carbonyl (C=O) groups excluding carboxylic acids is 3. The highest BCUT2D eigenvalue weighted by Crippen LogP contribution is 2.03. The van der Waals surface area contributed by atoms with Crippen molar-refractivity contribution in [3.8, 4) is 0 Å². The molecule has 0 aromatic carbocycles. The standard InChI is InChI=1S/C19H32N4O9/c24-12-20-10-4-1-2-7-15(25)21-11-5-3-6-13(17(28)29)22-19(32)23-14(18(30)31)8-9-16(26)27/h12-14H,1-11H2,(H,20,24)(H,21,25)(H,26,27)(H,28,29)(H,30,31)(H2,22,23,32)/t13-,14-/m0/s1. The zero-order valence-electron chi connectivity index (χ0n) is 17.8. The summed E-state index contributed by atoms with van der Waals surface area (Å²) in [6, 6.07) is -3.75. The zero-order chi connectivity index (χ0) is 24.4. The highest BCUT2D eigenvalue weighted by molar-refractivity contribution is 5.86. The molecule has 4 amide bonds. The molecule has 0 saturated heterocycles. The predicted octanol–water partition coefficient (Wildman–Crippen LogP) is -0.350. The van der Waals surface area contributed by atoms with E-state index in [1.807, 2.05) is 0 Å². The largest absolute Gasteiger partial charge is 0.481 e. The second-order valence-electron chi connectivity index (χ2n) is 7.06. The number of hydrogen-bond donors (Lipinski definition) is 7. The number of carbonyl (C=O) groups is 6. The van der Waals surface area contributed by atoms with Gasteiger partial charge in [0.05, 0.1) is 0 Å². The van der Waals surface area contributed by atoms with Crippen molar-refractivity contribution in [2.45, 2.75) is 69.9 Å². The highest BCUT2D eigenvalue weighted by atomic mass is 16.4. The Morgan fingerprint density at radius 1 is 0.719 bits per heavy atom. The maximum Gasteiger partial charge on any atom is 0.326 e. The van der Waals surface area contributed by atoms with E-state index in [1.165, 1.54) is 0 Å². The van der Waals surface area contributed by atoms with Crippen molar-refractivity contribution in [2.75, 3.05) is 13.1 Å². The van der Waals surface area contributed by atoms with Crippen LogP contribution in [-0.4, -0.2) is 76.7 Å². The van der Waals surface area contributed by atoms with E-state index in [1.54, 1.807) is 0 Å². The van der Waals surface area contributed by atoms with Crippen molar-refractivity contribution in [3.63, 3.8) is 0 Å². The Morgan fingerprint density at radius 2 is 1.31 bits per heavy atom. The molecule has 0 spiro atoms. The molecule has 182 valence electrons. The number of nitrogens with one attached hydrogen (secondary N) is 4. The molecule has 0 rings (SSSR count). The van der Waals surface area contributed by atoms with Crippen LogP contribution in [0, 0.1) is 0 Å². The molecule has 0 aliphatic rings. The number of unbranched alkanes of at least 4 members (excludes halogenated alkanes) is 3. The summed E-state index contributed by atoms with van der Waals surface area (Å²) < 4.78 is 0. The molecule has 0 heterocycles. The smallest absolute Gasteiger partial charge is 0.326 e. The predicted molar refractivity (Wildman–Crippen MR) is 111 cm³/mol. The number of urea groups is 1. The van der Waals surface area contributed by atoms with Gasteiger partial charge >= 0.3 is 23.9 Å². The summed E-state index contributed by atoms with van der Waals surface area (Å²) in [5, 5.41) is 36.3. The molecule has 0 bridgehead atoms. The molecule has 0 saturated carbocycles. The molecule has 0 radical (unpaired) electrons. The molecule has 13 nitrogen and oxygen atoms in total. The Morgan fingerprint density at radius 3 is 1.88 bits per heavy atom. The molecule has 0 unspecified atom stereocenters. The van der Waals surface area contributed by atoms with Gasteiger partial charge in [-0.15, -0.1) is 0 Å². The van der Waals surface area contributed by atoms with Crippen LogP contribution in [0.5, 0.6) is 0 Å². The second-order valence-corrected chi connectivity index (χ2v) is 7.06. The summed E-state index contributed by atoms with van der Waals surface area (Å²) in [4.78, 5) is 66.7. The van der Waals surface area contributed by atoms with Gasteiger partial charge in [0, 0.05) is 25.9 Å². The van der Waals surface area contributed by atoms with Crippen molar-refractivity contribution < 1.29 is 44.1 Å². The van der Waals surface area contributed by atoms with E-state index in [0.29, 0.717) is 45.2 Å². The SMILES string of the molecule is O=CNCCCCCC(=O)NCCCC[C@H](NC(=O)N[C@@H](CCC(=O)O)C(=O)O)C(=O)O. The van der Waals surface area contributed by atoms with E-state index in [4.69, 9.17) is 10.2 Å². The van der Waals surface area contributed by atoms with E-state index >= 15 is 0 Å². The number of amides is 4. The summed E-state index contributed by atoms with van der Waals surface area (Å²) in [6.07, 6.45) is 3.39. The quantitative estimate of drug-likeness (QED) is 0.0990. The first-order valence-electron chi connectivity index (χ1n) is 10.4. The third-order valence-electron chi connectivity index (χ3n) is 4.40. The Kier molecular flexibility index (Phi) is 15.5. The van der Waals surface area contributed by atoms with E-state index in [-0.39, 0.29) is 18.7 Å². The third kappa shape index (κ3) is 15.5. The zero-order valence-corrected chi connectivity index (χ0v) is 17.8. The normalized spacial score (nSPS) is 12.1. The maximum atomic E-state index is 11.9. The Labute approximate surface area is 185 Å². The first-order valence-corrected chi connectivity index (χ1v) is 10.4. The molecule has 0 aromatic heterocycles. The van der Waals surface area contributed by atoms with Gasteiger partial charge in [-0.25, -0.2) is 14.4 Å². The molecular formula is C19H32N4O9. The minimum atomic E-state index is -1.46. The molecule has 0 fully saturated rings. The second kappa shape index (κ2) is 17.3. The Bertz CT molecular complexity index is 642. The molecule has 7 N–H and O–H groups in total. The summed E-state index contributed by atoms with van der Waals surface area (Å²) >= 11 is 0. The van der Waals surface area contributed by atoms with E-state index in [0.717, 1.165) is 12.8 Å². The van der Waals surface area contributed by atoms with Crippen molar-refractivity contribution in [3.05, 3.63) is 0 Å². The van der Waals surface area contributed by atoms with Crippen molar-refractivity contribution in [1.29, 1.82) is 0 Å². The van der Waals surface area contributed by atoms with Gasteiger partial charge in [-0.3, -0.25) is 14.4 Å². The Hall–Kier alpha value is -3.38. The Balaban J connectivity index is 4.15. The number of hydrogen-bond acceptors (Lipinski definition) is 6. The minimum absolute atomic E-state index is 0.0647. The molecule has 0 aliphatic heterocycles. The van der Waals surface area contributed by atoms with Gasteiger partial charge in [0.15, 0.2) is 0 Å². The lowest BCUT2D eigenvalue weighted by molar-refractivity contribution is -0.141. The van der Waals surface area contributed by atoms with Crippen molar-refractivity contribution >= 4 is 36.3 Å². The lowest BCUT2D eigenvalue weighted by Gasteiger charge is -2.18. The van der Waals surface area contributed by atoms with Gasteiger partial charge in [0.2, 0.25) is 12.3 Å². The van der Waals surface area contributed by atoms with E-state index in [9.17, 15) is 33.9 Å². The van der Waals surface area contributed by atoms with Crippen LogP contribution in [0.15, 0.2) is 0 Å². The molecule has 13 heteroatoms. The summed E-state index contributed by atoms with van der Waals surface area (Å²) in [5.74, 6) is -4.07. The highest BCUT2D eigenvalue weighted by Gasteiger charge is 2.24. The van der Waals surface area contributed by atoms with Gasteiger partial charge in [-0.05, 0) is 38.5 Å². The van der Waals surface area contributed by atoms with Crippen LogP contribution in [0.25, 0.3) is 0 Å². The monoisotopic (exact) mass is 460 g/mol. The summed E-state index contributed by atoms with van der Waals surface area (Å²) in [5.41, 5.74) is 0. The van der Waals surface area contributed by atoms with Crippen LogP contribution in [0.1, 0.15) is 57.8 Å². The molecule has 32 heavy (non-hydrogen) atoms. The maximum absolute atomic E-state index is 11.9. The number of carboxylic acid groups (broad SMARTS) is 3. The fraction of sp³-hybridized carbons (Fsp3) is 0.684. The average molecular weight is 460 g/mol. The van der Waals surface area contributed by atoms with Gasteiger partial charge < -0.3 is 36.6 Å². The lowest BCUT2D eigenvalue weighted by atomic mass is 10.1. The number of rotatable bonds is 19. The lowest BCUT2D eigenvalue weighted by Crippen LogP contribution is -2.51. The van der Waals surface area contributed by atoms with Crippen LogP contribution < -0.4 is 21.3 Å². The average Bonchev–Trinajstić information content (AvgIpc) is 2.71. The number of carboxylic acids is 3. The van der Waals surface area contributed by atoms with E-state index in [2.05, 4.69) is 21.3 Å². The first-order chi connectivity index (χ1) is 15.2. The van der Waals surface area contributed by atoms with Crippen LogP contribution in [0.3, 0.4) is 0 Å². The van der Waals surface area contributed by atoms with Gasteiger partial charge in [-0.1, -0.05) is 6.42 Å². The van der Waals surface area contributed by atoms with Gasteiger partial charge in [-0.2, -0.15) is 0 Å².